The summed E-state index contributed by atoms with van der Waals surface area (Å²) in [4.78, 5) is 0.410. The molecule has 0 saturated carbocycles. The normalized spacial score (nSPS) is 12.7. The molecule has 0 bridgehead atoms. The summed E-state index contributed by atoms with van der Waals surface area (Å²) in [6.45, 7) is 12.6. The lowest BCUT2D eigenvalue weighted by molar-refractivity contribution is 0.149. The first kappa shape index (κ1) is 22.0. The second-order valence-electron chi connectivity index (χ2n) is 7.18. The summed E-state index contributed by atoms with van der Waals surface area (Å²) in [5.74, 6) is 0.383. The number of rotatable bonds is 6. The summed E-state index contributed by atoms with van der Waals surface area (Å²) in [6.07, 6.45) is 0.999. The maximum absolute atomic E-state index is 13.5. The molecular formula is C17H27N2O4PS. The molecule has 0 aliphatic rings. The van der Waals surface area contributed by atoms with Crippen molar-refractivity contribution in [1.82, 2.24) is 0 Å². The van der Waals surface area contributed by atoms with Gasteiger partial charge in [-0.3, -0.25) is 9.97 Å². The van der Waals surface area contributed by atoms with Crippen molar-refractivity contribution in [1.29, 1.82) is 10.7 Å². The van der Waals surface area contributed by atoms with Crippen molar-refractivity contribution in [2.24, 2.45) is 0 Å². The lowest BCUT2D eigenvalue weighted by Gasteiger charge is -2.26. The molecule has 1 rings (SSSR count). The number of nitrogens with one attached hydrogen (secondary N) is 1. The molecule has 0 saturated heterocycles. The van der Waals surface area contributed by atoms with Crippen LogP contribution in [0.4, 0.5) is 0 Å². The van der Waals surface area contributed by atoms with E-state index in [9.17, 15) is 9.83 Å². The minimum Gasteiger partial charge on any atom is -0.441 e. The standard InChI is InChI=1S/C17H27N2O4PS/c1-10(2)22-24(20,23-11(3)4)13-14(25-8)12(9-18)15(17(5,6)7)21-16(13)19/h10-11,19H,1-8H3. The van der Waals surface area contributed by atoms with Crippen molar-refractivity contribution in [3.63, 3.8) is 0 Å². The van der Waals surface area contributed by atoms with Gasteiger partial charge in [0, 0.05) is 10.3 Å². The van der Waals surface area contributed by atoms with Gasteiger partial charge in [-0.05, 0) is 34.0 Å². The lowest BCUT2D eigenvalue weighted by Crippen LogP contribution is -2.33. The number of nitriles is 1. The Balaban J connectivity index is 3.89. The molecule has 0 fully saturated rings. The number of nitrogens with zero attached hydrogens (tertiary/aromatic N) is 1. The molecule has 0 unspecified atom stereocenters. The average Bonchev–Trinajstić information content (AvgIpc) is 2.42. The lowest BCUT2D eigenvalue weighted by atomic mass is 9.90. The van der Waals surface area contributed by atoms with Gasteiger partial charge in [0.2, 0.25) is 5.55 Å². The molecule has 0 aliphatic carbocycles. The van der Waals surface area contributed by atoms with Gasteiger partial charge in [-0.1, -0.05) is 20.8 Å². The molecule has 0 spiro atoms. The molecular weight excluding hydrogens is 359 g/mol. The van der Waals surface area contributed by atoms with Crippen LogP contribution in [0.1, 0.15) is 59.8 Å². The molecule has 6 nitrogen and oxygen atoms in total. The first-order valence-electron chi connectivity index (χ1n) is 8.05. The highest BCUT2D eigenvalue weighted by Gasteiger charge is 2.39. The molecule has 0 aliphatic heterocycles. The minimum absolute atomic E-state index is 0.0203. The van der Waals surface area contributed by atoms with Crippen LogP contribution >= 0.6 is 19.4 Å². The summed E-state index contributed by atoms with van der Waals surface area (Å²) in [5.41, 5.74) is -0.505. The average molecular weight is 386 g/mol. The number of hydrogen-bond donors (Lipinski definition) is 1. The van der Waals surface area contributed by atoms with Gasteiger partial charge in [-0.25, -0.2) is 0 Å². The largest absolute Gasteiger partial charge is 0.441 e. The van der Waals surface area contributed by atoms with Crippen LogP contribution in [0.25, 0.3) is 0 Å². The smallest absolute Gasteiger partial charge is 0.368 e. The van der Waals surface area contributed by atoms with Crippen molar-refractivity contribution in [2.75, 3.05) is 6.26 Å². The van der Waals surface area contributed by atoms with E-state index in [1.807, 2.05) is 20.8 Å². The summed E-state index contributed by atoms with van der Waals surface area (Å²) in [6, 6.07) is 2.14. The molecule has 0 amide bonds. The van der Waals surface area contributed by atoms with Gasteiger partial charge < -0.3 is 13.5 Å². The van der Waals surface area contributed by atoms with Gasteiger partial charge in [0.1, 0.15) is 22.7 Å². The summed E-state index contributed by atoms with van der Waals surface area (Å²) < 4.78 is 30.4. The van der Waals surface area contributed by atoms with E-state index in [1.165, 1.54) is 11.8 Å². The molecule has 0 radical (unpaired) electrons. The first-order chi connectivity index (χ1) is 11.4. The molecule has 1 aromatic rings. The highest BCUT2D eigenvalue weighted by Crippen LogP contribution is 2.51. The molecule has 1 N–H and O–H groups in total. The van der Waals surface area contributed by atoms with Gasteiger partial charge in [0.05, 0.1) is 12.2 Å². The highest BCUT2D eigenvalue weighted by molar-refractivity contribution is 7.99. The molecule has 0 aromatic carbocycles. The van der Waals surface area contributed by atoms with E-state index in [2.05, 4.69) is 6.07 Å². The molecule has 25 heavy (non-hydrogen) atoms. The Bertz CT molecular complexity index is 759. The third kappa shape index (κ3) is 4.98. The summed E-state index contributed by atoms with van der Waals surface area (Å²) >= 11 is 1.24. The fourth-order valence-corrected chi connectivity index (χ4v) is 5.55. The SMILES string of the molecule is CSc1c(C#N)c(C(C)(C)C)oc(=N)c1P(=O)(OC(C)C)OC(C)C. The first-order valence-corrected chi connectivity index (χ1v) is 10.8. The van der Waals surface area contributed by atoms with Crippen LogP contribution in [-0.2, 0) is 19.0 Å². The number of hydrogen-bond acceptors (Lipinski definition) is 7. The van der Waals surface area contributed by atoms with Gasteiger partial charge in [0.15, 0.2) is 0 Å². The zero-order chi connectivity index (χ0) is 19.6. The fourth-order valence-electron chi connectivity index (χ4n) is 2.29. The quantitative estimate of drug-likeness (QED) is 0.578. The van der Waals surface area contributed by atoms with E-state index >= 15 is 0 Å². The number of thioether (sulfide) groups is 1. The van der Waals surface area contributed by atoms with Crippen LogP contribution in [0, 0.1) is 16.7 Å². The maximum Gasteiger partial charge on any atom is 0.368 e. The van der Waals surface area contributed by atoms with E-state index in [0.29, 0.717) is 10.7 Å². The molecule has 1 heterocycles. The second-order valence-corrected chi connectivity index (χ2v) is 9.87. The Hall–Kier alpha value is -1.06. The Labute approximate surface area is 154 Å². The van der Waals surface area contributed by atoms with Crippen molar-refractivity contribution in [2.45, 2.75) is 71.0 Å². The molecule has 8 heteroatoms. The Morgan fingerprint density at radius 2 is 1.68 bits per heavy atom. The minimum atomic E-state index is -3.84. The molecule has 1 aromatic heterocycles. The Morgan fingerprint density at radius 1 is 1.20 bits per heavy atom. The third-order valence-electron chi connectivity index (χ3n) is 3.06. The summed E-state index contributed by atoms with van der Waals surface area (Å²) in [5, 5.41) is 18.0. The van der Waals surface area contributed by atoms with E-state index in [4.69, 9.17) is 18.9 Å². The van der Waals surface area contributed by atoms with Crippen molar-refractivity contribution < 1.29 is 18.0 Å². The summed E-state index contributed by atoms with van der Waals surface area (Å²) in [7, 11) is -3.84. The zero-order valence-corrected chi connectivity index (χ0v) is 17.8. The monoisotopic (exact) mass is 386 g/mol. The van der Waals surface area contributed by atoms with E-state index in [0.717, 1.165) is 0 Å². The van der Waals surface area contributed by atoms with E-state index < -0.39 is 13.0 Å². The topological polar surface area (TPSA) is 96.3 Å². The van der Waals surface area contributed by atoms with E-state index in [1.54, 1.807) is 34.0 Å². The predicted octanol–water partition coefficient (Wildman–Crippen LogP) is 4.32. The van der Waals surface area contributed by atoms with Crippen LogP contribution in [0.5, 0.6) is 0 Å². The van der Waals surface area contributed by atoms with Gasteiger partial charge in [0.25, 0.3) is 0 Å². The van der Waals surface area contributed by atoms with Gasteiger partial charge >= 0.3 is 7.60 Å². The Kier molecular flexibility index (Phi) is 7.12. The van der Waals surface area contributed by atoms with Crippen molar-refractivity contribution >= 4 is 24.7 Å². The van der Waals surface area contributed by atoms with Crippen molar-refractivity contribution in [3.8, 4) is 6.07 Å². The van der Waals surface area contributed by atoms with Gasteiger partial charge in [-0.2, -0.15) is 5.26 Å². The van der Waals surface area contributed by atoms with Crippen LogP contribution in [-0.4, -0.2) is 18.5 Å². The predicted molar refractivity (Wildman–Crippen MR) is 99.4 cm³/mol. The van der Waals surface area contributed by atoms with Crippen LogP contribution in [0.3, 0.4) is 0 Å². The molecule has 140 valence electrons. The Morgan fingerprint density at radius 3 is 2.00 bits per heavy atom. The second kappa shape index (κ2) is 8.09. The maximum atomic E-state index is 13.5. The van der Waals surface area contributed by atoms with E-state index in [-0.39, 0.29) is 28.6 Å². The zero-order valence-electron chi connectivity index (χ0n) is 16.1. The third-order valence-corrected chi connectivity index (χ3v) is 6.40. The fraction of sp³-hybridized carbons (Fsp3) is 0.647. The van der Waals surface area contributed by atoms with Gasteiger partial charge in [-0.15, -0.1) is 11.8 Å². The van der Waals surface area contributed by atoms with Crippen LogP contribution < -0.4 is 10.9 Å². The van der Waals surface area contributed by atoms with Crippen LogP contribution in [0.15, 0.2) is 9.31 Å². The van der Waals surface area contributed by atoms with Crippen molar-refractivity contribution in [3.05, 3.63) is 16.9 Å². The highest BCUT2D eigenvalue weighted by atomic mass is 32.2. The van der Waals surface area contributed by atoms with Crippen LogP contribution in [0.2, 0.25) is 0 Å². The molecule has 0 atom stereocenters.